The summed E-state index contributed by atoms with van der Waals surface area (Å²) in [5.41, 5.74) is 9.35. The van der Waals surface area contributed by atoms with Gasteiger partial charge < -0.3 is 10.5 Å². The van der Waals surface area contributed by atoms with Crippen molar-refractivity contribution in [3.8, 4) is 0 Å². The van der Waals surface area contributed by atoms with Crippen LogP contribution in [0, 0.1) is 0 Å². The molecule has 5 nitrogen and oxygen atoms in total. The maximum Gasteiger partial charge on any atom is 0.339 e. The van der Waals surface area contributed by atoms with E-state index in [0.717, 1.165) is 51.9 Å². The van der Waals surface area contributed by atoms with E-state index in [-0.39, 0.29) is 0 Å². The number of para-hydroxylation sites is 1. The summed E-state index contributed by atoms with van der Waals surface area (Å²) in [7, 11) is 0. The maximum atomic E-state index is 13.0. The van der Waals surface area contributed by atoms with Gasteiger partial charge in [0.25, 0.3) is 5.91 Å². The van der Waals surface area contributed by atoms with Crippen molar-refractivity contribution in [3.63, 3.8) is 0 Å². The average molecular weight is 392 g/mol. The summed E-state index contributed by atoms with van der Waals surface area (Å²) in [6.45, 7) is 1.48. The van der Waals surface area contributed by atoms with Crippen LogP contribution in [0.5, 0.6) is 0 Å². The zero-order valence-corrected chi connectivity index (χ0v) is 16.3. The molecule has 0 bridgehead atoms. The summed E-state index contributed by atoms with van der Waals surface area (Å²) >= 11 is 1.67. The number of ether oxygens (including phenoxy) is 1. The van der Waals surface area contributed by atoms with Crippen LogP contribution in [0.2, 0.25) is 0 Å². The van der Waals surface area contributed by atoms with Crippen LogP contribution in [0.3, 0.4) is 0 Å². The van der Waals surface area contributed by atoms with Gasteiger partial charge in [0.2, 0.25) is 0 Å². The van der Waals surface area contributed by atoms with Crippen LogP contribution in [0.15, 0.2) is 41.8 Å². The number of carbonyl (C=O) groups excluding carboxylic acids is 2. The number of hydrogen-bond acceptors (Lipinski definition) is 5. The largest absolute Gasteiger partial charge is 0.449 e. The first-order chi connectivity index (χ1) is 13.5. The number of amides is 1. The average Bonchev–Trinajstić information content (AvgIpc) is 3.19. The summed E-state index contributed by atoms with van der Waals surface area (Å²) < 4.78 is 5.35. The van der Waals surface area contributed by atoms with Crippen LogP contribution in [-0.2, 0) is 16.0 Å². The normalized spacial score (nSPS) is 16.0. The molecule has 1 aliphatic rings. The van der Waals surface area contributed by atoms with E-state index in [1.165, 1.54) is 6.92 Å². The molecule has 4 rings (SSSR count). The number of nitrogens with zero attached hydrogens (tertiary/aromatic N) is 1. The van der Waals surface area contributed by atoms with E-state index in [2.05, 4.69) is 12.1 Å². The van der Waals surface area contributed by atoms with E-state index in [4.69, 9.17) is 15.5 Å². The van der Waals surface area contributed by atoms with Crippen molar-refractivity contribution < 1.29 is 14.3 Å². The summed E-state index contributed by atoms with van der Waals surface area (Å²) in [5.74, 6) is -1.20. The van der Waals surface area contributed by atoms with Gasteiger partial charge in [-0.1, -0.05) is 24.3 Å². The van der Waals surface area contributed by atoms with E-state index in [1.54, 1.807) is 11.3 Å². The molecule has 1 aromatic carbocycles. The van der Waals surface area contributed by atoms with Gasteiger partial charge >= 0.3 is 5.97 Å². The Kier molecular flexibility index (Phi) is 4.96. The fraction of sp³-hybridized carbons (Fsp3) is 0.227. The summed E-state index contributed by atoms with van der Waals surface area (Å²) in [4.78, 5) is 30.4. The number of nitrogens with two attached hydrogens (primary N) is 1. The van der Waals surface area contributed by atoms with Crippen molar-refractivity contribution >= 4 is 45.8 Å². The number of allylic oxidation sites excluding steroid dienone is 1. The van der Waals surface area contributed by atoms with Crippen molar-refractivity contribution in [2.75, 3.05) is 0 Å². The molecule has 0 saturated carbocycles. The fourth-order valence-corrected chi connectivity index (χ4v) is 4.21. The number of rotatable bonds is 4. The number of carbonyl (C=O) groups is 2. The number of thiophene rings is 1. The molecule has 0 fully saturated rings. The molecule has 2 heterocycles. The fourth-order valence-electron chi connectivity index (χ4n) is 3.53. The van der Waals surface area contributed by atoms with E-state index in [1.807, 2.05) is 35.7 Å². The lowest BCUT2D eigenvalue weighted by molar-refractivity contribution is -0.125. The van der Waals surface area contributed by atoms with Crippen LogP contribution in [0.1, 0.15) is 46.3 Å². The number of hydrogen-bond donors (Lipinski definition) is 1. The second-order valence-corrected chi connectivity index (χ2v) is 7.80. The smallest absolute Gasteiger partial charge is 0.339 e. The third kappa shape index (κ3) is 3.43. The Morgan fingerprint density at radius 3 is 2.79 bits per heavy atom. The monoisotopic (exact) mass is 392 g/mol. The number of pyridine rings is 1. The minimum atomic E-state index is -0.986. The van der Waals surface area contributed by atoms with E-state index >= 15 is 0 Å². The van der Waals surface area contributed by atoms with Crippen LogP contribution >= 0.6 is 11.3 Å². The SMILES string of the molecule is C[C@H](OC(=O)c1c2c(nc3ccccc13)/C(=C/c1cccs1)CCC2)C(N)=O. The molecular formula is C22H20N2O3S. The number of benzene rings is 1. The lowest BCUT2D eigenvalue weighted by Crippen LogP contribution is -2.31. The number of primary amides is 1. The molecule has 1 aliphatic carbocycles. The third-order valence-electron chi connectivity index (χ3n) is 4.92. The molecular weight excluding hydrogens is 372 g/mol. The highest BCUT2D eigenvalue weighted by atomic mass is 32.1. The first kappa shape index (κ1) is 18.4. The lowest BCUT2D eigenvalue weighted by atomic mass is 9.86. The summed E-state index contributed by atoms with van der Waals surface area (Å²) in [6.07, 6.45) is 3.73. The Balaban J connectivity index is 1.89. The molecule has 0 aliphatic heterocycles. The number of fused-ring (bicyclic) bond motifs is 2. The molecule has 0 saturated heterocycles. The highest BCUT2D eigenvalue weighted by molar-refractivity contribution is 7.10. The van der Waals surface area contributed by atoms with Crippen LogP contribution in [0.25, 0.3) is 22.6 Å². The minimum Gasteiger partial charge on any atom is -0.449 e. The first-order valence-corrected chi connectivity index (χ1v) is 10.1. The van der Waals surface area contributed by atoms with E-state index in [0.29, 0.717) is 5.56 Å². The van der Waals surface area contributed by atoms with Crippen molar-refractivity contribution in [3.05, 3.63) is 63.5 Å². The molecule has 0 spiro atoms. The second kappa shape index (κ2) is 7.56. The summed E-state index contributed by atoms with van der Waals surface area (Å²) in [6, 6.07) is 11.6. The zero-order valence-electron chi connectivity index (χ0n) is 15.5. The predicted molar refractivity (Wildman–Crippen MR) is 111 cm³/mol. The lowest BCUT2D eigenvalue weighted by Gasteiger charge is -2.23. The second-order valence-electron chi connectivity index (χ2n) is 6.82. The molecule has 3 aromatic rings. The van der Waals surface area contributed by atoms with E-state index < -0.39 is 18.0 Å². The maximum absolute atomic E-state index is 13.0. The molecule has 0 radical (unpaired) electrons. The van der Waals surface area contributed by atoms with Gasteiger partial charge in [0, 0.05) is 10.3 Å². The molecule has 2 aromatic heterocycles. The highest BCUT2D eigenvalue weighted by Crippen LogP contribution is 2.36. The molecule has 6 heteroatoms. The van der Waals surface area contributed by atoms with Crippen LogP contribution < -0.4 is 5.73 Å². The van der Waals surface area contributed by atoms with Gasteiger partial charge in [-0.2, -0.15) is 0 Å². The molecule has 2 N–H and O–H groups in total. The van der Waals surface area contributed by atoms with Crippen molar-refractivity contribution in [2.24, 2.45) is 5.73 Å². The molecule has 1 amide bonds. The molecule has 0 unspecified atom stereocenters. The molecule has 142 valence electrons. The van der Waals surface area contributed by atoms with Crippen LogP contribution in [-0.4, -0.2) is 23.0 Å². The Bertz CT molecular complexity index is 1090. The van der Waals surface area contributed by atoms with Gasteiger partial charge in [0.05, 0.1) is 16.8 Å². The van der Waals surface area contributed by atoms with Crippen molar-refractivity contribution in [1.29, 1.82) is 0 Å². The number of aromatic nitrogens is 1. The third-order valence-corrected chi connectivity index (χ3v) is 5.74. The Hall–Kier alpha value is -2.99. The summed E-state index contributed by atoms with van der Waals surface area (Å²) in [5, 5.41) is 2.78. The molecule has 28 heavy (non-hydrogen) atoms. The van der Waals surface area contributed by atoms with Gasteiger partial charge in [0.15, 0.2) is 6.10 Å². The van der Waals surface area contributed by atoms with Crippen molar-refractivity contribution in [2.45, 2.75) is 32.3 Å². The van der Waals surface area contributed by atoms with Gasteiger partial charge in [-0.3, -0.25) is 4.79 Å². The molecule has 1 atom stereocenters. The van der Waals surface area contributed by atoms with Gasteiger partial charge in [-0.25, -0.2) is 9.78 Å². The Morgan fingerprint density at radius 2 is 2.04 bits per heavy atom. The highest BCUT2D eigenvalue weighted by Gasteiger charge is 2.27. The van der Waals surface area contributed by atoms with E-state index in [9.17, 15) is 9.59 Å². The van der Waals surface area contributed by atoms with Gasteiger partial charge in [-0.05, 0) is 60.9 Å². The standard InChI is InChI=1S/C22H20N2O3S/c1-13(21(23)25)27-22(26)19-16-8-2-3-10-18(16)24-20-14(6-4-9-17(19)20)12-15-7-5-11-28-15/h2-3,5,7-8,10-13H,4,6,9H2,1H3,(H2,23,25)/b14-12+/t13-/m0/s1. The Morgan fingerprint density at radius 1 is 1.21 bits per heavy atom. The quantitative estimate of drug-likeness (QED) is 0.675. The zero-order chi connectivity index (χ0) is 19.7. The minimum absolute atomic E-state index is 0.491. The van der Waals surface area contributed by atoms with Gasteiger partial charge in [0.1, 0.15) is 0 Å². The first-order valence-electron chi connectivity index (χ1n) is 9.21. The van der Waals surface area contributed by atoms with Crippen LogP contribution in [0.4, 0.5) is 0 Å². The van der Waals surface area contributed by atoms with Crippen molar-refractivity contribution in [1.82, 2.24) is 4.98 Å². The predicted octanol–water partition coefficient (Wildman–Crippen LogP) is 4.20. The van der Waals surface area contributed by atoms with Gasteiger partial charge in [-0.15, -0.1) is 11.3 Å². The Labute approximate surface area is 166 Å². The number of esters is 1. The topological polar surface area (TPSA) is 82.3 Å².